The van der Waals surface area contributed by atoms with Gasteiger partial charge in [0.25, 0.3) is 0 Å². The third-order valence-corrected chi connectivity index (χ3v) is 4.44. The second-order valence-corrected chi connectivity index (χ2v) is 7.03. The monoisotopic (exact) mass is 394 g/mol. The van der Waals surface area contributed by atoms with Crippen molar-refractivity contribution in [2.75, 3.05) is 6.54 Å². The van der Waals surface area contributed by atoms with Crippen LogP contribution in [0.25, 0.3) is 0 Å². The normalized spacial score (nSPS) is 10.9. The van der Waals surface area contributed by atoms with Crippen molar-refractivity contribution >= 4 is 35.2 Å². The zero-order valence-electron chi connectivity index (χ0n) is 14.5. The van der Waals surface area contributed by atoms with Gasteiger partial charge < -0.3 is 15.4 Å². The van der Waals surface area contributed by atoms with Crippen molar-refractivity contribution in [1.82, 2.24) is 10.6 Å². The first kappa shape index (κ1) is 20.1. The first-order valence-corrected chi connectivity index (χ1v) is 8.74. The Balaban J connectivity index is 1.81. The molecule has 0 aliphatic carbocycles. The van der Waals surface area contributed by atoms with Crippen LogP contribution in [0.5, 0.6) is 0 Å². The highest BCUT2D eigenvalue weighted by Gasteiger charge is 2.23. The average Bonchev–Trinajstić information content (AvgIpc) is 2.61. The van der Waals surface area contributed by atoms with Gasteiger partial charge in [0.05, 0.1) is 15.6 Å². The second-order valence-electron chi connectivity index (χ2n) is 6.22. The van der Waals surface area contributed by atoms with Gasteiger partial charge in [-0.2, -0.15) is 0 Å². The fraction of sp³-hybridized carbons (Fsp3) is 0.263. The molecular weight excluding hydrogens is 375 g/mol. The molecule has 0 bridgehead atoms. The first-order valence-electron chi connectivity index (χ1n) is 7.99. The Morgan fingerprint density at radius 3 is 2.38 bits per heavy atom. The van der Waals surface area contributed by atoms with Gasteiger partial charge >= 0.3 is 6.09 Å². The number of rotatable bonds is 6. The summed E-state index contributed by atoms with van der Waals surface area (Å²) in [4.78, 5) is 23.8. The largest absolute Gasteiger partial charge is 0.445 e. The molecule has 0 atom stereocenters. The van der Waals surface area contributed by atoms with E-state index >= 15 is 0 Å². The summed E-state index contributed by atoms with van der Waals surface area (Å²) in [7, 11) is 0. The van der Waals surface area contributed by atoms with E-state index in [0.717, 1.165) is 11.1 Å². The molecule has 0 radical (unpaired) electrons. The number of benzene rings is 2. The number of alkyl carbamates (subject to hydrolysis) is 1. The summed E-state index contributed by atoms with van der Waals surface area (Å²) in [5.74, 6) is -0.349. The summed E-state index contributed by atoms with van der Waals surface area (Å²) < 4.78 is 5.06. The van der Waals surface area contributed by atoms with Gasteiger partial charge in [-0.1, -0.05) is 59.6 Å². The van der Waals surface area contributed by atoms with Crippen LogP contribution in [0.1, 0.15) is 25.0 Å². The van der Waals surface area contributed by atoms with Crippen molar-refractivity contribution in [1.29, 1.82) is 0 Å². The van der Waals surface area contributed by atoms with Crippen molar-refractivity contribution in [3.05, 3.63) is 69.7 Å². The number of carbonyl (C=O) groups excluding carboxylic acids is 2. The summed E-state index contributed by atoms with van der Waals surface area (Å²) >= 11 is 11.9. The minimum Gasteiger partial charge on any atom is -0.445 e. The van der Waals surface area contributed by atoms with Crippen LogP contribution in [0.2, 0.25) is 10.0 Å². The molecule has 0 spiro atoms. The molecule has 2 amide bonds. The molecule has 0 fully saturated rings. The summed E-state index contributed by atoms with van der Waals surface area (Å²) in [6.07, 6.45) is -0.656. The lowest BCUT2D eigenvalue weighted by atomic mass is 9.94. The molecule has 26 heavy (non-hydrogen) atoms. The maximum absolute atomic E-state index is 12.1. The first-order chi connectivity index (χ1) is 12.3. The van der Waals surface area contributed by atoms with Gasteiger partial charge in [-0.3, -0.25) is 4.79 Å². The fourth-order valence-corrected chi connectivity index (χ4v) is 2.57. The van der Waals surface area contributed by atoms with Gasteiger partial charge in [0, 0.05) is 0 Å². The molecule has 2 aromatic rings. The highest BCUT2D eigenvalue weighted by Crippen LogP contribution is 2.28. The zero-order valence-corrected chi connectivity index (χ0v) is 16.0. The predicted octanol–water partition coefficient (Wildman–Crippen LogP) is 4.27. The van der Waals surface area contributed by atoms with Crippen molar-refractivity contribution in [3.8, 4) is 0 Å². The smallest absolute Gasteiger partial charge is 0.407 e. The molecule has 138 valence electrons. The van der Waals surface area contributed by atoms with E-state index in [1.54, 1.807) is 18.2 Å². The molecule has 0 unspecified atom stereocenters. The molecule has 5 nitrogen and oxygen atoms in total. The van der Waals surface area contributed by atoms with Gasteiger partial charge in [0.2, 0.25) is 5.91 Å². The lowest BCUT2D eigenvalue weighted by molar-refractivity contribution is -0.121. The minimum atomic E-state index is -0.680. The van der Waals surface area contributed by atoms with Crippen LogP contribution in [0, 0.1) is 0 Å². The van der Waals surface area contributed by atoms with Crippen LogP contribution in [-0.4, -0.2) is 18.5 Å². The van der Waals surface area contributed by atoms with E-state index < -0.39 is 11.6 Å². The predicted molar refractivity (Wildman–Crippen MR) is 102 cm³/mol. The van der Waals surface area contributed by atoms with Crippen LogP contribution in [0.15, 0.2) is 48.5 Å². The van der Waals surface area contributed by atoms with E-state index in [-0.39, 0.29) is 19.1 Å². The fourth-order valence-electron chi connectivity index (χ4n) is 2.28. The van der Waals surface area contributed by atoms with Crippen LogP contribution in [-0.2, 0) is 21.7 Å². The van der Waals surface area contributed by atoms with Gasteiger partial charge in [0.1, 0.15) is 13.2 Å². The van der Waals surface area contributed by atoms with Crippen molar-refractivity contribution in [3.63, 3.8) is 0 Å². The van der Waals surface area contributed by atoms with Crippen LogP contribution in [0.4, 0.5) is 4.79 Å². The number of amides is 2. The quantitative estimate of drug-likeness (QED) is 0.768. The van der Waals surface area contributed by atoms with Gasteiger partial charge in [0.15, 0.2) is 0 Å². The summed E-state index contributed by atoms with van der Waals surface area (Å²) in [6, 6.07) is 14.4. The molecule has 2 N–H and O–H groups in total. The second kappa shape index (κ2) is 8.92. The van der Waals surface area contributed by atoms with Gasteiger partial charge in [-0.25, -0.2) is 4.79 Å². The molecule has 0 heterocycles. The number of halogens is 2. The average molecular weight is 395 g/mol. The van der Waals surface area contributed by atoms with Crippen molar-refractivity contribution in [2.45, 2.75) is 26.0 Å². The summed E-state index contributed by atoms with van der Waals surface area (Å²) in [5.41, 5.74) is 0.987. The van der Waals surface area contributed by atoms with Crippen LogP contribution >= 0.6 is 23.2 Å². The molecule has 0 aromatic heterocycles. The SMILES string of the molecule is CC(C)(NC(=O)CNC(=O)OCc1ccccc1)c1ccc(Cl)c(Cl)c1. The standard InChI is InChI=1S/C19H20Cl2N2O3/c1-19(2,14-8-9-15(20)16(21)10-14)23-17(24)11-22-18(25)26-12-13-6-4-3-5-7-13/h3-10H,11-12H2,1-2H3,(H,22,25)(H,23,24). The van der Waals surface area contributed by atoms with Gasteiger partial charge in [-0.15, -0.1) is 0 Å². The third kappa shape index (κ3) is 5.93. The van der Waals surface area contributed by atoms with Crippen molar-refractivity contribution < 1.29 is 14.3 Å². The maximum atomic E-state index is 12.1. The van der Waals surface area contributed by atoms with E-state index in [1.807, 2.05) is 44.2 Å². The number of nitrogens with one attached hydrogen (secondary N) is 2. The molecule has 0 saturated heterocycles. The molecule has 0 aliphatic rings. The maximum Gasteiger partial charge on any atom is 0.407 e. The van der Waals surface area contributed by atoms with Crippen LogP contribution < -0.4 is 10.6 Å². The number of hydrogen-bond donors (Lipinski definition) is 2. The third-order valence-electron chi connectivity index (χ3n) is 3.70. The Labute approximate surface area is 162 Å². The topological polar surface area (TPSA) is 67.4 Å². The van der Waals surface area contributed by atoms with E-state index in [4.69, 9.17) is 27.9 Å². The minimum absolute atomic E-state index is 0.142. The van der Waals surface area contributed by atoms with E-state index in [9.17, 15) is 9.59 Å². The Kier molecular flexibility index (Phi) is 6.89. The summed E-state index contributed by atoms with van der Waals surface area (Å²) in [5, 5.41) is 6.12. The lowest BCUT2D eigenvalue weighted by Gasteiger charge is -2.27. The Morgan fingerprint density at radius 2 is 1.73 bits per heavy atom. The number of ether oxygens (including phenoxy) is 1. The van der Waals surface area contributed by atoms with E-state index in [1.165, 1.54) is 0 Å². The van der Waals surface area contributed by atoms with Crippen molar-refractivity contribution in [2.24, 2.45) is 0 Å². The molecule has 7 heteroatoms. The summed E-state index contributed by atoms with van der Waals surface area (Å²) in [6.45, 7) is 3.61. The Hall–Kier alpha value is -2.24. The molecule has 0 saturated carbocycles. The number of carbonyl (C=O) groups is 2. The molecule has 0 aliphatic heterocycles. The Morgan fingerprint density at radius 1 is 1.04 bits per heavy atom. The van der Waals surface area contributed by atoms with Crippen LogP contribution in [0.3, 0.4) is 0 Å². The molecule has 2 aromatic carbocycles. The van der Waals surface area contributed by atoms with E-state index in [2.05, 4.69) is 10.6 Å². The van der Waals surface area contributed by atoms with Gasteiger partial charge in [-0.05, 0) is 37.1 Å². The molecule has 2 rings (SSSR count). The Bertz CT molecular complexity index is 780. The highest BCUT2D eigenvalue weighted by atomic mass is 35.5. The molecular formula is C19H20Cl2N2O3. The highest BCUT2D eigenvalue weighted by molar-refractivity contribution is 6.42. The van der Waals surface area contributed by atoms with E-state index in [0.29, 0.717) is 10.0 Å². The lowest BCUT2D eigenvalue weighted by Crippen LogP contribution is -2.46. The number of hydrogen-bond acceptors (Lipinski definition) is 3. The zero-order chi connectivity index (χ0) is 19.2.